The molecule has 198 valence electrons. The number of rotatable bonds is 7. The summed E-state index contributed by atoms with van der Waals surface area (Å²) in [7, 11) is 0. The van der Waals surface area contributed by atoms with E-state index in [-0.39, 0.29) is 11.9 Å². The van der Waals surface area contributed by atoms with Crippen LogP contribution in [0.25, 0.3) is 17.0 Å². The molecule has 0 spiro atoms. The number of halogens is 2. The van der Waals surface area contributed by atoms with E-state index in [4.69, 9.17) is 4.74 Å². The van der Waals surface area contributed by atoms with Gasteiger partial charge >= 0.3 is 0 Å². The standard InChI is InChI=1S/C27H30F2N8O/c28-23(29)24-31-21-6-2-3-7-22(21)37(24)27-33-25(32-26(34-27)36-14-16-38-17-15-36)30-20-10-8-19(9-11-20)18-35-12-4-1-5-13-35/h2-3,6-11,23H,1,4-5,12-18H2,(H,30,32,33,34). The lowest BCUT2D eigenvalue weighted by Crippen LogP contribution is -2.37. The average Bonchev–Trinajstić information content (AvgIpc) is 3.35. The summed E-state index contributed by atoms with van der Waals surface area (Å²) in [5.74, 6) is 0.367. The number of hydrogen-bond donors (Lipinski definition) is 1. The van der Waals surface area contributed by atoms with Gasteiger partial charge in [-0.1, -0.05) is 30.7 Å². The minimum Gasteiger partial charge on any atom is -0.378 e. The van der Waals surface area contributed by atoms with Crippen LogP contribution in [0.1, 0.15) is 37.1 Å². The van der Waals surface area contributed by atoms with Crippen molar-refractivity contribution >= 4 is 28.6 Å². The zero-order valence-electron chi connectivity index (χ0n) is 21.1. The van der Waals surface area contributed by atoms with E-state index in [1.165, 1.54) is 29.4 Å². The van der Waals surface area contributed by atoms with Gasteiger partial charge in [-0.15, -0.1) is 0 Å². The van der Waals surface area contributed by atoms with Crippen LogP contribution in [0.15, 0.2) is 48.5 Å². The first kappa shape index (κ1) is 24.6. The molecule has 4 aromatic rings. The van der Waals surface area contributed by atoms with Crippen LogP contribution in [0.2, 0.25) is 0 Å². The van der Waals surface area contributed by atoms with E-state index in [2.05, 4.69) is 42.3 Å². The quantitative estimate of drug-likeness (QED) is 0.375. The Hall–Kier alpha value is -3.70. The van der Waals surface area contributed by atoms with Crippen molar-refractivity contribution in [2.75, 3.05) is 49.6 Å². The average molecular weight is 521 g/mol. The minimum absolute atomic E-state index is 0.0923. The number of fused-ring (bicyclic) bond motifs is 1. The van der Waals surface area contributed by atoms with Crippen LogP contribution in [-0.4, -0.2) is 68.8 Å². The molecular formula is C27H30F2N8O. The van der Waals surface area contributed by atoms with Crippen molar-refractivity contribution in [1.82, 2.24) is 29.4 Å². The van der Waals surface area contributed by atoms with Crippen molar-refractivity contribution in [1.29, 1.82) is 0 Å². The minimum atomic E-state index is -2.80. The Kier molecular flexibility index (Phi) is 7.10. The molecule has 9 nitrogen and oxygen atoms in total. The number of alkyl halides is 2. The highest BCUT2D eigenvalue weighted by Crippen LogP contribution is 2.28. The molecule has 6 rings (SSSR count). The van der Waals surface area contributed by atoms with Crippen LogP contribution in [0, 0.1) is 0 Å². The van der Waals surface area contributed by atoms with Crippen LogP contribution in [0.5, 0.6) is 0 Å². The molecule has 0 amide bonds. The zero-order valence-corrected chi connectivity index (χ0v) is 21.1. The van der Waals surface area contributed by atoms with Crippen LogP contribution < -0.4 is 10.2 Å². The number of nitrogens with zero attached hydrogens (tertiary/aromatic N) is 7. The fourth-order valence-corrected chi connectivity index (χ4v) is 5.01. The van der Waals surface area contributed by atoms with Gasteiger partial charge in [0.05, 0.1) is 24.2 Å². The molecule has 2 fully saturated rings. The van der Waals surface area contributed by atoms with E-state index in [9.17, 15) is 8.78 Å². The maximum Gasteiger partial charge on any atom is 0.296 e. The number of para-hydroxylation sites is 2. The summed E-state index contributed by atoms with van der Waals surface area (Å²) in [5.41, 5.74) is 3.01. The number of hydrogen-bond acceptors (Lipinski definition) is 8. The highest BCUT2D eigenvalue weighted by atomic mass is 19.3. The Morgan fingerprint density at radius 3 is 2.32 bits per heavy atom. The van der Waals surface area contributed by atoms with Crippen molar-refractivity contribution in [3.63, 3.8) is 0 Å². The lowest BCUT2D eigenvalue weighted by molar-refractivity contribution is 0.122. The predicted molar refractivity (Wildman–Crippen MR) is 141 cm³/mol. The molecule has 11 heteroatoms. The summed E-state index contributed by atoms with van der Waals surface area (Å²) in [6.45, 7) is 5.49. The fraction of sp³-hybridized carbons (Fsp3) is 0.407. The summed E-state index contributed by atoms with van der Waals surface area (Å²) in [5, 5.41) is 3.26. The Labute approximate surface area is 219 Å². The number of likely N-dealkylation sites (tertiary alicyclic amines) is 1. The molecule has 2 saturated heterocycles. The van der Waals surface area contributed by atoms with Crippen molar-refractivity contribution < 1.29 is 13.5 Å². The molecule has 1 N–H and O–H groups in total. The Morgan fingerprint density at radius 2 is 1.55 bits per heavy atom. The topological polar surface area (TPSA) is 84.2 Å². The third-order valence-electron chi connectivity index (χ3n) is 6.95. The number of imidazole rings is 1. The number of ether oxygens (including phenoxy) is 1. The van der Waals surface area contributed by atoms with E-state index < -0.39 is 12.2 Å². The predicted octanol–water partition coefficient (Wildman–Crippen LogP) is 4.71. The molecule has 0 aliphatic carbocycles. The molecule has 2 aromatic carbocycles. The first-order chi connectivity index (χ1) is 18.6. The number of piperidine rings is 1. The second kappa shape index (κ2) is 11.0. The van der Waals surface area contributed by atoms with Crippen molar-refractivity contribution in [3.05, 3.63) is 59.9 Å². The molecule has 38 heavy (non-hydrogen) atoms. The molecule has 0 bridgehead atoms. The van der Waals surface area contributed by atoms with Crippen LogP contribution in [0.3, 0.4) is 0 Å². The van der Waals surface area contributed by atoms with Gasteiger partial charge in [0.1, 0.15) is 0 Å². The molecule has 2 aliphatic heterocycles. The second-order valence-corrected chi connectivity index (χ2v) is 9.61. The van der Waals surface area contributed by atoms with E-state index >= 15 is 0 Å². The van der Waals surface area contributed by atoms with Gasteiger partial charge in [-0.25, -0.2) is 13.8 Å². The molecule has 2 aromatic heterocycles. The summed E-state index contributed by atoms with van der Waals surface area (Å²) in [6, 6.07) is 15.2. The fourth-order valence-electron chi connectivity index (χ4n) is 5.01. The molecular weight excluding hydrogens is 490 g/mol. The van der Waals surface area contributed by atoms with Crippen molar-refractivity contribution in [2.24, 2.45) is 0 Å². The molecule has 2 aliphatic rings. The summed E-state index contributed by atoms with van der Waals surface area (Å²) in [4.78, 5) is 22.4. The largest absolute Gasteiger partial charge is 0.378 e. The number of morpholine rings is 1. The van der Waals surface area contributed by atoms with Gasteiger partial charge in [-0.2, -0.15) is 15.0 Å². The van der Waals surface area contributed by atoms with Crippen LogP contribution in [-0.2, 0) is 11.3 Å². The molecule has 0 saturated carbocycles. The Morgan fingerprint density at radius 1 is 0.816 bits per heavy atom. The van der Waals surface area contributed by atoms with Gasteiger partial charge in [0, 0.05) is 25.3 Å². The van der Waals surface area contributed by atoms with Gasteiger partial charge in [-0.05, 0) is 55.8 Å². The van der Waals surface area contributed by atoms with Gasteiger partial charge in [0.15, 0.2) is 5.82 Å². The highest BCUT2D eigenvalue weighted by Gasteiger charge is 2.24. The van der Waals surface area contributed by atoms with Crippen molar-refractivity contribution in [2.45, 2.75) is 32.2 Å². The van der Waals surface area contributed by atoms with E-state index in [0.717, 1.165) is 25.3 Å². The summed E-state index contributed by atoms with van der Waals surface area (Å²) >= 11 is 0. The molecule has 0 radical (unpaired) electrons. The third-order valence-corrected chi connectivity index (χ3v) is 6.95. The van der Waals surface area contributed by atoms with Crippen molar-refractivity contribution in [3.8, 4) is 5.95 Å². The third kappa shape index (κ3) is 5.30. The second-order valence-electron chi connectivity index (χ2n) is 9.61. The summed E-state index contributed by atoms with van der Waals surface area (Å²) in [6.07, 6.45) is 1.03. The Balaban J connectivity index is 1.34. The Bertz CT molecular complexity index is 1380. The monoisotopic (exact) mass is 520 g/mol. The zero-order chi connectivity index (χ0) is 25.9. The maximum atomic E-state index is 14.1. The van der Waals surface area contributed by atoms with Gasteiger partial charge < -0.3 is 15.0 Å². The van der Waals surface area contributed by atoms with Gasteiger partial charge in [0.25, 0.3) is 6.43 Å². The first-order valence-electron chi connectivity index (χ1n) is 13.1. The first-order valence-corrected chi connectivity index (χ1v) is 13.1. The lowest BCUT2D eigenvalue weighted by atomic mass is 10.1. The highest BCUT2D eigenvalue weighted by molar-refractivity contribution is 5.77. The molecule has 4 heterocycles. The van der Waals surface area contributed by atoms with E-state index in [1.54, 1.807) is 24.3 Å². The maximum absolute atomic E-state index is 14.1. The number of nitrogens with one attached hydrogen (secondary N) is 1. The van der Waals surface area contributed by atoms with Gasteiger partial charge in [0.2, 0.25) is 17.8 Å². The SMILES string of the molecule is FC(F)c1nc2ccccc2n1-c1nc(Nc2ccc(CN3CCCCC3)cc2)nc(N2CCOCC2)n1. The normalized spacial score (nSPS) is 16.9. The van der Waals surface area contributed by atoms with Gasteiger partial charge in [-0.3, -0.25) is 9.47 Å². The smallest absolute Gasteiger partial charge is 0.296 e. The van der Waals surface area contributed by atoms with Crippen LogP contribution in [0.4, 0.5) is 26.4 Å². The summed E-state index contributed by atoms with van der Waals surface area (Å²) < 4.78 is 34.9. The molecule has 0 unspecified atom stereocenters. The lowest BCUT2D eigenvalue weighted by Gasteiger charge is -2.27. The van der Waals surface area contributed by atoms with E-state index in [1.807, 2.05) is 17.0 Å². The number of anilines is 3. The number of aromatic nitrogens is 5. The molecule has 0 atom stereocenters. The van der Waals surface area contributed by atoms with Crippen LogP contribution >= 0.6 is 0 Å². The van der Waals surface area contributed by atoms with E-state index in [0.29, 0.717) is 43.3 Å². The number of benzene rings is 2.